The first-order valence-electron chi connectivity index (χ1n) is 9.49. The zero-order valence-corrected chi connectivity index (χ0v) is 18.6. The van der Waals surface area contributed by atoms with Crippen LogP contribution in [0.5, 0.6) is 0 Å². The van der Waals surface area contributed by atoms with Gasteiger partial charge >= 0.3 is 12.1 Å². The van der Waals surface area contributed by atoms with Crippen molar-refractivity contribution in [3.8, 4) is 10.6 Å². The minimum Gasteiger partial charge on any atom is -0.481 e. The number of carbonyl (C=O) groups is 1. The zero-order valence-electron chi connectivity index (χ0n) is 17.0. The Bertz CT molecular complexity index is 1290. The first-order chi connectivity index (χ1) is 15.1. The minimum absolute atomic E-state index is 0.155. The maximum absolute atomic E-state index is 12.8. The maximum Gasteiger partial charge on any atom is 0.416 e. The molecule has 10 heteroatoms. The van der Waals surface area contributed by atoms with E-state index in [1.165, 1.54) is 35.2 Å². The number of aromatic nitrogens is 2. The van der Waals surface area contributed by atoms with Crippen LogP contribution >= 0.6 is 23.1 Å². The Labute approximate surface area is 189 Å². The van der Waals surface area contributed by atoms with Crippen LogP contribution in [0.1, 0.15) is 27.6 Å². The number of carboxylic acid groups (broad SMARTS) is 1. The fourth-order valence-electron chi connectivity index (χ4n) is 3.11. The lowest BCUT2D eigenvalue weighted by molar-refractivity contribution is -0.138. The van der Waals surface area contributed by atoms with E-state index in [9.17, 15) is 18.0 Å². The van der Waals surface area contributed by atoms with Gasteiger partial charge in [0.1, 0.15) is 16.9 Å². The van der Waals surface area contributed by atoms with Gasteiger partial charge < -0.3 is 9.52 Å². The number of carboxylic acids is 1. The Morgan fingerprint density at radius 2 is 1.84 bits per heavy atom. The average molecular weight is 479 g/mol. The Hall–Kier alpha value is -2.85. The number of benzene rings is 2. The largest absolute Gasteiger partial charge is 0.481 e. The SMILES string of the molecule is Cc1nc(-c2ccc(C(F)(F)F)cc2)sc1CSc1ccc(C)c2oc(CC(=O)O)nc12. The third kappa shape index (κ3) is 4.66. The van der Waals surface area contributed by atoms with Gasteiger partial charge in [0.05, 0.1) is 11.3 Å². The monoisotopic (exact) mass is 478 g/mol. The molecular formula is C22H17F3N2O3S2. The highest BCUT2D eigenvalue weighted by molar-refractivity contribution is 7.98. The molecule has 166 valence electrons. The van der Waals surface area contributed by atoms with E-state index in [4.69, 9.17) is 9.52 Å². The van der Waals surface area contributed by atoms with Gasteiger partial charge in [0.15, 0.2) is 5.58 Å². The molecule has 0 fully saturated rings. The van der Waals surface area contributed by atoms with Gasteiger partial charge in [-0.3, -0.25) is 4.79 Å². The molecule has 4 aromatic rings. The van der Waals surface area contributed by atoms with Gasteiger partial charge in [-0.1, -0.05) is 18.2 Å². The van der Waals surface area contributed by atoms with E-state index in [1.54, 1.807) is 0 Å². The number of oxazole rings is 1. The van der Waals surface area contributed by atoms with E-state index in [0.717, 1.165) is 33.2 Å². The molecule has 2 aromatic heterocycles. The molecule has 0 aliphatic heterocycles. The number of aryl methyl sites for hydroxylation is 2. The highest BCUT2D eigenvalue weighted by Gasteiger charge is 2.30. The molecule has 0 bridgehead atoms. The van der Waals surface area contributed by atoms with Crippen molar-refractivity contribution in [2.24, 2.45) is 0 Å². The van der Waals surface area contributed by atoms with Crippen molar-refractivity contribution in [2.45, 2.75) is 37.1 Å². The fourth-order valence-corrected chi connectivity index (χ4v) is 5.32. The molecule has 5 nitrogen and oxygen atoms in total. The van der Waals surface area contributed by atoms with Crippen LogP contribution in [0.15, 0.2) is 45.7 Å². The van der Waals surface area contributed by atoms with Crippen LogP contribution in [0.2, 0.25) is 0 Å². The van der Waals surface area contributed by atoms with E-state index in [1.807, 2.05) is 26.0 Å². The third-order valence-corrected chi connectivity index (χ3v) is 7.22. The van der Waals surface area contributed by atoms with Gasteiger partial charge in [-0.25, -0.2) is 9.97 Å². The van der Waals surface area contributed by atoms with Crippen LogP contribution in [-0.4, -0.2) is 21.0 Å². The smallest absolute Gasteiger partial charge is 0.416 e. The van der Waals surface area contributed by atoms with E-state index in [2.05, 4.69) is 9.97 Å². The summed E-state index contributed by atoms with van der Waals surface area (Å²) in [5.41, 5.74) is 2.81. The lowest BCUT2D eigenvalue weighted by atomic mass is 10.1. The Kier molecular flexibility index (Phi) is 6.00. The summed E-state index contributed by atoms with van der Waals surface area (Å²) >= 11 is 2.96. The van der Waals surface area contributed by atoms with Crippen molar-refractivity contribution in [1.29, 1.82) is 0 Å². The van der Waals surface area contributed by atoms with Crippen molar-refractivity contribution in [1.82, 2.24) is 9.97 Å². The molecule has 0 amide bonds. The molecule has 1 N–H and O–H groups in total. The number of alkyl halides is 3. The Morgan fingerprint density at radius 3 is 2.50 bits per heavy atom. The van der Waals surface area contributed by atoms with Crippen LogP contribution in [0.25, 0.3) is 21.7 Å². The predicted octanol–water partition coefficient (Wildman–Crippen LogP) is 6.51. The number of fused-ring (bicyclic) bond motifs is 1. The number of thioether (sulfide) groups is 1. The zero-order chi connectivity index (χ0) is 23.0. The number of rotatable bonds is 6. The maximum atomic E-state index is 12.8. The Morgan fingerprint density at radius 1 is 1.12 bits per heavy atom. The normalized spacial score (nSPS) is 11.9. The van der Waals surface area contributed by atoms with E-state index in [-0.39, 0.29) is 12.3 Å². The quantitative estimate of drug-likeness (QED) is 0.319. The van der Waals surface area contributed by atoms with Crippen molar-refractivity contribution in [3.63, 3.8) is 0 Å². The molecule has 0 spiro atoms. The molecule has 2 aromatic carbocycles. The number of aliphatic carboxylic acids is 1. The summed E-state index contributed by atoms with van der Waals surface area (Å²) < 4.78 is 44.0. The highest BCUT2D eigenvalue weighted by atomic mass is 32.2. The summed E-state index contributed by atoms with van der Waals surface area (Å²) in [4.78, 5) is 21.7. The first kappa shape index (κ1) is 22.3. The van der Waals surface area contributed by atoms with E-state index >= 15 is 0 Å². The number of thiazole rings is 1. The van der Waals surface area contributed by atoms with Gasteiger partial charge in [-0.2, -0.15) is 13.2 Å². The number of nitrogens with zero attached hydrogens (tertiary/aromatic N) is 2. The second kappa shape index (κ2) is 8.59. The summed E-state index contributed by atoms with van der Waals surface area (Å²) in [7, 11) is 0. The van der Waals surface area contributed by atoms with Crippen LogP contribution < -0.4 is 0 Å². The molecule has 0 unspecified atom stereocenters. The average Bonchev–Trinajstić information content (AvgIpc) is 3.31. The third-order valence-electron chi connectivity index (χ3n) is 4.76. The van der Waals surface area contributed by atoms with Crippen molar-refractivity contribution < 1.29 is 27.5 Å². The van der Waals surface area contributed by atoms with Crippen molar-refractivity contribution in [2.75, 3.05) is 0 Å². The van der Waals surface area contributed by atoms with Crippen molar-refractivity contribution >= 4 is 40.2 Å². The number of hydrogen-bond acceptors (Lipinski definition) is 6. The van der Waals surface area contributed by atoms with E-state index in [0.29, 0.717) is 27.4 Å². The first-order valence-corrected chi connectivity index (χ1v) is 11.3. The second-order valence-corrected chi connectivity index (χ2v) is 9.23. The van der Waals surface area contributed by atoms with Crippen LogP contribution in [0, 0.1) is 13.8 Å². The molecule has 0 radical (unpaired) electrons. The molecule has 4 rings (SSSR count). The van der Waals surface area contributed by atoms with Crippen molar-refractivity contribution in [3.05, 3.63) is 64.0 Å². The summed E-state index contributed by atoms with van der Waals surface area (Å²) in [5, 5.41) is 9.66. The number of halogens is 3. The predicted molar refractivity (Wildman–Crippen MR) is 117 cm³/mol. The molecular weight excluding hydrogens is 461 g/mol. The molecule has 0 saturated heterocycles. The lowest BCUT2D eigenvalue weighted by Gasteiger charge is -2.06. The lowest BCUT2D eigenvalue weighted by Crippen LogP contribution is -2.03. The van der Waals surface area contributed by atoms with Crippen LogP contribution in [-0.2, 0) is 23.1 Å². The second-order valence-electron chi connectivity index (χ2n) is 7.13. The summed E-state index contributed by atoms with van der Waals surface area (Å²) in [6, 6.07) is 8.80. The molecule has 2 heterocycles. The van der Waals surface area contributed by atoms with Gasteiger partial charge in [-0.05, 0) is 37.6 Å². The van der Waals surface area contributed by atoms with Crippen LogP contribution in [0.4, 0.5) is 13.2 Å². The minimum atomic E-state index is -4.37. The summed E-state index contributed by atoms with van der Waals surface area (Å²) in [5.74, 6) is -0.273. The van der Waals surface area contributed by atoms with Crippen LogP contribution in [0.3, 0.4) is 0 Å². The van der Waals surface area contributed by atoms with Gasteiger partial charge in [0.25, 0.3) is 0 Å². The number of hydrogen-bond donors (Lipinski definition) is 1. The van der Waals surface area contributed by atoms with E-state index < -0.39 is 17.7 Å². The summed E-state index contributed by atoms with van der Waals surface area (Å²) in [6.07, 6.45) is -4.66. The molecule has 0 saturated carbocycles. The van der Waals surface area contributed by atoms with Gasteiger partial charge in [-0.15, -0.1) is 23.1 Å². The van der Waals surface area contributed by atoms with Gasteiger partial charge in [0.2, 0.25) is 5.89 Å². The summed E-state index contributed by atoms with van der Waals surface area (Å²) in [6.45, 7) is 3.74. The fraction of sp³-hybridized carbons (Fsp3) is 0.227. The molecule has 0 atom stereocenters. The highest BCUT2D eigenvalue weighted by Crippen LogP contribution is 2.37. The standard InChI is InChI=1S/C22H17F3N2O3S2/c1-11-3-8-15(19-20(11)30-17(27-19)9-18(28)29)31-10-16-12(2)26-21(32-16)13-4-6-14(7-5-13)22(23,24)25/h3-8H,9-10H2,1-2H3,(H,28,29). The molecule has 0 aliphatic carbocycles. The molecule has 32 heavy (non-hydrogen) atoms. The Balaban J connectivity index is 1.55. The van der Waals surface area contributed by atoms with Gasteiger partial charge in [0, 0.05) is 21.1 Å². The molecule has 0 aliphatic rings. The topological polar surface area (TPSA) is 76.2 Å².